The molecule has 0 amide bonds. The number of fused-ring (bicyclic) bond motifs is 2. The molecule has 0 saturated heterocycles. The maximum Gasteiger partial charge on any atom is 0.332 e. The minimum atomic E-state index is -0.470. The van der Waals surface area contributed by atoms with E-state index in [1.807, 2.05) is 24.3 Å². The van der Waals surface area contributed by atoms with Gasteiger partial charge < -0.3 is 9.55 Å². The van der Waals surface area contributed by atoms with Crippen molar-refractivity contribution in [3.8, 4) is 0 Å². The average Bonchev–Trinajstić information content (AvgIpc) is 3.22. The highest BCUT2D eigenvalue weighted by Gasteiger charge is 2.18. The van der Waals surface area contributed by atoms with Crippen LogP contribution in [0.4, 0.5) is 0 Å². The fraction of sp³-hybridized carbons (Fsp3) is 0.176. The molecule has 0 unspecified atom stereocenters. The summed E-state index contributed by atoms with van der Waals surface area (Å²) in [6.07, 6.45) is 3.08. The zero-order chi connectivity index (χ0) is 17.7. The maximum atomic E-state index is 12.7. The number of nitrogens with zero attached hydrogens (tertiary/aromatic N) is 4. The first-order valence-corrected chi connectivity index (χ1v) is 7.69. The fourth-order valence-electron chi connectivity index (χ4n) is 3.06. The standard InChI is InChI=1S/C17H15N5O3/c1-20-15-14(16(24)21(2)17(20)25)22(9-19-15)8-13(23)11-7-18-12-6-4-3-5-10(11)12/h3-7,9,18H,8H2,1-2H3. The number of nitrogens with one attached hydrogen (secondary N) is 1. The molecule has 1 aromatic carbocycles. The maximum absolute atomic E-state index is 12.7. The van der Waals surface area contributed by atoms with Crippen LogP contribution in [0.15, 0.2) is 46.4 Å². The third-order valence-electron chi connectivity index (χ3n) is 4.42. The second kappa shape index (κ2) is 5.30. The highest BCUT2D eigenvalue weighted by atomic mass is 16.2. The Morgan fingerprint density at radius 3 is 2.72 bits per heavy atom. The smallest absolute Gasteiger partial charge is 0.332 e. The number of hydrogen-bond donors (Lipinski definition) is 1. The molecule has 0 aliphatic carbocycles. The van der Waals surface area contributed by atoms with Gasteiger partial charge >= 0.3 is 5.69 Å². The van der Waals surface area contributed by atoms with Crippen LogP contribution < -0.4 is 11.2 Å². The van der Waals surface area contributed by atoms with Gasteiger partial charge in [0.2, 0.25) is 0 Å². The molecule has 0 fully saturated rings. The number of H-pyrrole nitrogens is 1. The molecule has 0 bridgehead atoms. The van der Waals surface area contributed by atoms with E-state index in [1.54, 1.807) is 13.2 Å². The molecule has 4 aromatic rings. The van der Waals surface area contributed by atoms with E-state index in [0.717, 1.165) is 15.5 Å². The average molecular weight is 337 g/mol. The van der Waals surface area contributed by atoms with E-state index in [0.29, 0.717) is 5.56 Å². The first-order valence-electron chi connectivity index (χ1n) is 7.69. The number of benzene rings is 1. The Morgan fingerprint density at radius 2 is 1.92 bits per heavy atom. The Bertz CT molecular complexity index is 1250. The summed E-state index contributed by atoms with van der Waals surface area (Å²) in [6.45, 7) is -0.0359. The lowest BCUT2D eigenvalue weighted by Gasteiger charge is -2.06. The van der Waals surface area contributed by atoms with Crippen LogP contribution in [0, 0.1) is 0 Å². The zero-order valence-electron chi connectivity index (χ0n) is 13.7. The number of carbonyl (C=O) groups excluding carboxylic acids is 1. The number of imidazole rings is 1. The van der Waals surface area contributed by atoms with Gasteiger partial charge in [0.05, 0.1) is 12.9 Å². The first kappa shape index (κ1) is 15.1. The molecular formula is C17H15N5O3. The molecule has 0 aliphatic rings. The molecule has 1 N–H and O–H groups in total. The van der Waals surface area contributed by atoms with Gasteiger partial charge in [-0.15, -0.1) is 0 Å². The lowest BCUT2D eigenvalue weighted by molar-refractivity contribution is 0.0975. The Hall–Kier alpha value is -3.42. The predicted molar refractivity (Wildman–Crippen MR) is 92.8 cm³/mol. The van der Waals surface area contributed by atoms with E-state index < -0.39 is 11.2 Å². The molecule has 3 aromatic heterocycles. The highest BCUT2D eigenvalue weighted by molar-refractivity contribution is 6.07. The van der Waals surface area contributed by atoms with E-state index in [9.17, 15) is 14.4 Å². The number of aryl methyl sites for hydroxylation is 1. The third kappa shape index (κ3) is 2.14. The van der Waals surface area contributed by atoms with Crippen molar-refractivity contribution in [2.45, 2.75) is 6.54 Å². The Balaban J connectivity index is 1.83. The summed E-state index contributed by atoms with van der Waals surface area (Å²) >= 11 is 0. The van der Waals surface area contributed by atoms with Crippen LogP contribution in [0.1, 0.15) is 10.4 Å². The second-order valence-electron chi connectivity index (χ2n) is 5.92. The molecule has 126 valence electrons. The van der Waals surface area contributed by atoms with Gasteiger partial charge in [-0.1, -0.05) is 18.2 Å². The van der Waals surface area contributed by atoms with Crippen molar-refractivity contribution in [2.75, 3.05) is 0 Å². The first-order chi connectivity index (χ1) is 12.0. The van der Waals surface area contributed by atoms with E-state index in [1.165, 1.54) is 22.5 Å². The van der Waals surface area contributed by atoms with Crippen molar-refractivity contribution in [3.63, 3.8) is 0 Å². The SMILES string of the molecule is Cn1c(=O)c2c(ncn2CC(=O)c2c[nH]c3ccccc23)n(C)c1=O. The number of para-hydroxylation sites is 1. The van der Waals surface area contributed by atoms with E-state index >= 15 is 0 Å². The van der Waals surface area contributed by atoms with Crippen LogP contribution in [0.2, 0.25) is 0 Å². The largest absolute Gasteiger partial charge is 0.360 e. The number of carbonyl (C=O) groups is 1. The number of Topliss-reactive ketones (excluding diaryl/α,β-unsaturated/α-hetero) is 1. The lowest BCUT2D eigenvalue weighted by atomic mass is 10.1. The number of rotatable bonds is 3. The van der Waals surface area contributed by atoms with E-state index in [4.69, 9.17) is 0 Å². The van der Waals surface area contributed by atoms with Gasteiger partial charge in [-0.3, -0.25) is 18.7 Å². The topological polar surface area (TPSA) is 94.7 Å². The van der Waals surface area contributed by atoms with Crippen LogP contribution in [-0.2, 0) is 20.6 Å². The van der Waals surface area contributed by atoms with E-state index in [-0.39, 0.29) is 23.5 Å². The van der Waals surface area contributed by atoms with Crippen LogP contribution in [0.25, 0.3) is 22.1 Å². The Labute approximate surface area is 141 Å². The quantitative estimate of drug-likeness (QED) is 0.559. The van der Waals surface area contributed by atoms with Crippen molar-refractivity contribution in [1.29, 1.82) is 0 Å². The Kier molecular flexibility index (Phi) is 3.21. The minimum Gasteiger partial charge on any atom is -0.360 e. The van der Waals surface area contributed by atoms with Crippen LogP contribution in [0.3, 0.4) is 0 Å². The van der Waals surface area contributed by atoms with Crippen molar-refractivity contribution in [2.24, 2.45) is 14.1 Å². The number of hydrogen-bond acceptors (Lipinski definition) is 4. The summed E-state index contributed by atoms with van der Waals surface area (Å²) in [5.41, 5.74) is 1.00. The molecule has 25 heavy (non-hydrogen) atoms. The molecule has 0 spiro atoms. The van der Waals surface area contributed by atoms with Gasteiger partial charge in [0.25, 0.3) is 5.56 Å². The predicted octanol–water partition coefficient (Wildman–Crippen LogP) is 0.798. The summed E-state index contributed by atoms with van der Waals surface area (Å²) in [5.74, 6) is -0.146. The van der Waals surface area contributed by atoms with Crippen molar-refractivity contribution < 1.29 is 4.79 Å². The molecule has 0 saturated carbocycles. The number of aromatic amines is 1. The van der Waals surface area contributed by atoms with Crippen LogP contribution in [0.5, 0.6) is 0 Å². The molecular weight excluding hydrogens is 322 g/mol. The molecule has 8 heteroatoms. The van der Waals surface area contributed by atoms with Crippen LogP contribution >= 0.6 is 0 Å². The summed E-state index contributed by atoms with van der Waals surface area (Å²) in [7, 11) is 2.95. The van der Waals surface area contributed by atoms with Crippen molar-refractivity contribution in [1.82, 2.24) is 23.7 Å². The fourth-order valence-corrected chi connectivity index (χ4v) is 3.06. The molecule has 8 nitrogen and oxygen atoms in total. The third-order valence-corrected chi connectivity index (χ3v) is 4.42. The summed E-state index contributed by atoms with van der Waals surface area (Å²) in [5, 5.41) is 0.831. The van der Waals surface area contributed by atoms with Gasteiger partial charge in [-0.25, -0.2) is 9.78 Å². The monoisotopic (exact) mass is 337 g/mol. The lowest BCUT2D eigenvalue weighted by Crippen LogP contribution is -2.37. The van der Waals surface area contributed by atoms with Gasteiger partial charge in [0.15, 0.2) is 16.9 Å². The van der Waals surface area contributed by atoms with Crippen molar-refractivity contribution >= 4 is 27.9 Å². The van der Waals surface area contributed by atoms with Crippen molar-refractivity contribution in [3.05, 3.63) is 63.2 Å². The Morgan fingerprint density at radius 1 is 1.16 bits per heavy atom. The molecule has 0 atom stereocenters. The molecule has 0 aliphatic heterocycles. The van der Waals surface area contributed by atoms with Gasteiger partial charge in [0.1, 0.15) is 0 Å². The highest BCUT2D eigenvalue weighted by Crippen LogP contribution is 2.19. The summed E-state index contributed by atoms with van der Waals surface area (Å²) in [6, 6.07) is 7.52. The van der Waals surface area contributed by atoms with Gasteiger partial charge in [0, 0.05) is 36.8 Å². The second-order valence-corrected chi connectivity index (χ2v) is 5.92. The van der Waals surface area contributed by atoms with E-state index in [2.05, 4.69) is 9.97 Å². The summed E-state index contributed by atoms with van der Waals surface area (Å²) in [4.78, 5) is 44.3. The summed E-state index contributed by atoms with van der Waals surface area (Å²) < 4.78 is 3.79. The molecule has 0 radical (unpaired) electrons. The number of ketones is 1. The van der Waals surface area contributed by atoms with Gasteiger partial charge in [-0.2, -0.15) is 0 Å². The van der Waals surface area contributed by atoms with Gasteiger partial charge in [-0.05, 0) is 6.07 Å². The zero-order valence-corrected chi connectivity index (χ0v) is 13.7. The molecule has 3 heterocycles. The minimum absolute atomic E-state index is 0.0359. The normalized spacial score (nSPS) is 11.4. The van der Waals surface area contributed by atoms with Crippen LogP contribution in [-0.4, -0.2) is 29.5 Å². The molecule has 4 rings (SSSR count). The number of aromatic nitrogens is 5.